The van der Waals surface area contributed by atoms with Crippen molar-refractivity contribution in [3.05, 3.63) is 84.7 Å². The van der Waals surface area contributed by atoms with E-state index in [-0.39, 0.29) is 24.6 Å². The fourth-order valence-electron chi connectivity index (χ4n) is 4.04. The second-order valence-corrected chi connectivity index (χ2v) is 8.68. The zero-order chi connectivity index (χ0) is 27.4. The number of urea groups is 1. The fraction of sp³-hybridized carbons (Fsp3) is 0.143. The first kappa shape index (κ1) is 25.6. The van der Waals surface area contributed by atoms with E-state index in [4.69, 9.17) is 14.2 Å². The molecule has 4 amide bonds. The predicted molar refractivity (Wildman–Crippen MR) is 137 cm³/mol. The molecule has 1 aliphatic heterocycles. The van der Waals surface area contributed by atoms with Crippen LogP contribution in [-0.4, -0.2) is 47.4 Å². The SMILES string of the molecule is COCCC1(Oc2ccc(Oc3ccc(-c4cc(-c5cccc(F)c5)n[nH]4)cc3)cc2)C(=O)NC(=O)NC1=O. The minimum atomic E-state index is -1.96. The van der Waals surface area contributed by atoms with E-state index in [9.17, 15) is 18.8 Å². The average molecular weight is 531 g/mol. The molecule has 1 aliphatic rings. The Morgan fingerprint density at radius 3 is 2.10 bits per heavy atom. The summed E-state index contributed by atoms with van der Waals surface area (Å²) < 4.78 is 30.2. The Morgan fingerprint density at radius 1 is 0.821 bits per heavy atom. The molecule has 1 saturated heterocycles. The van der Waals surface area contributed by atoms with Gasteiger partial charge in [-0.3, -0.25) is 25.3 Å². The molecule has 5 rings (SSSR count). The molecule has 39 heavy (non-hydrogen) atoms. The van der Waals surface area contributed by atoms with Gasteiger partial charge in [0.25, 0.3) is 17.4 Å². The van der Waals surface area contributed by atoms with Crippen LogP contribution in [0.25, 0.3) is 22.5 Å². The lowest BCUT2D eigenvalue weighted by Gasteiger charge is -2.34. The van der Waals surface area contributed by atoms with Crippen molar-refractivity contribution in [2.45, 2.75) is 12.0 Å². The number of methoxy groups -OCH3 is 1. The lowest BCUT2D eigenvalue weighted by atomic mass is 9.95. The molecule has 0 spiro atoms. The van der Waals surface area contributed by atoms with Gasteiger partial charge in [0.1, 0.15) is 23.1 Å². The highest BCUT2D eigenvalue weighted by Crippen LogP contribution is 2.30. The molecule has 4 aromatic rings. The number of H-pyrrole nitrogens is 1. The molecule has 11 heteroatoms. The molecule has 0 aliphatic carbocycles. The molecule has 0 bridgehead atoms. The second-order valence-electron chi connectivity index (χ2n) is 8.68. The van der Waals surface area contributed by atoms with Crippen molar-refractivity contribution in [2.75, 3.05) is 13.7 Å². The lowest BCUT2D eigenvalue weighted by Crippen LogP contribution is -2.69. The third kappa shape index (κ3) is 5.48. The Bertz CT molecular complexity index is 1500. The summed E-state index contributed by atoms with van der Waals surface area (Å²) in [5.74, 6) is -0.780. The molecule has 2 heterocycles. The Kier molecular flexibility index (Phi) is 7.06. The number of barbiturate groups is 1. The molecule has 1 fully saturated rings. The van der Waals surface area contributed by atoms with Gasteiger partial charge in [0, 0.05) is 19.1 Å². The van der Waals surface area contributed by atoms with Crippen LogP contribution >= 0.6 is 0 Å². The van der Waals surface area contributed by atoms with Crippen LogP contribution in [0.2, 0.25) is 0 Å². The van der Waals surface area contributed by atoms with E-state index in [1.54, 1.807) is 48.5 Å². The summed E-state index contributed by atoms with van der Waals surface area (Å²) in [4.78, 5) is 36.6. The van der Waals surface area contributed by atoms with Gasteiger partial charge in [-0.1, -0.05) is 12.1 Å². The van der Waals surface area contributed by atoms with E-state index in [2.05, 4.69) is 20.8 Å². The number of amides is 4. The van der Waals surface area contributed by atoms with Crippen molar-refractivity contribution in [3.63, 3.8) is 0 Å². The van der Waals surface area contributed by atoms with Crippen LogP contribution < -0.4 is 20.1 Å². The molecular formula is C28H23FN4O6. The van der Waals surface area contributed by atoms with E-state index < -0.39 is 23.4 Å². The van der Waals surface area contributed by atoms with Gasteiger partial charge in [0.05, 0.1) is 18.0 Å². The van der Waals surface area contributed by atoms with Gasteiger partial charge in [0.15, 0.2) is 0 Å². The predicted octanol–water partition coefficient (Wildman–Crippen LogP) is 4.20. The zero-order valence-electron chi connectivity index (χ0n) is 20.7. The smallest absolute Gasteiger partial charge is 0.328 e. The monoisotopic (exact) mass is 530 g/mol. The topological polar surface area (TPSA) is 132 Å². The first-order chi connectivity index (χ1) is 18.9. The number of halogens is 1. The van der Waals surface area contributed by atoms with Gasteiger partial charge in [-0.15, -0.1) is 0 Å². The van der Waals surface area contributed by atoms with E-state index in [0.717, 1.165) is 11.3 Å². The summed E-state index contributed by atoms with van der Waals surface area (Å²) in [5, 5.41) is 11.4. The van der Waals surface area contributed by atoms with Crippen molar-refractivity contribution in [1.82, 2.24) is 20.8 Å². The molecule has 0 radical (unpaired) electrons. The standard InChI is InChI=1S/C28H23FN4O6/c1-37-14-13-28(25(34)30-27(36)31-26(28)35)39-22-11-9-21(10-12-22)38-20-7-5-17(6-8-20)23-16-24(33-32-23)18-3-2-4-19(29)15-18/h2-12,15-16H,13-14H2,1H3,(H,32,33)(H2,30,31,34,35,36). The third-order valence-electron chi connectivity index (χ3n) is 6.06. The molecule has 0 saturated carbocycles. The molecule has 3 aromatic carbocycles. The van der Waals surface area contributed by atoms with Crippen molar-refractivity contribution < 1.29 is 33.0 Å². The summed E-state index contributed by atoms with van der Waals surface area (Å²) in [5.41, 5.74) is 0.981. The number of imide groups is 2. The number of carbonyl (C=O) groups excluding carboxylic acids is 3. The first-order valence-corrected chi connectivity index (χ1v) is 11.9. The molecule has 0 unspecified atom stereocenters. The normalized spacial score (nSPS) is 14.5. The molecule has 3 N–H and O–H groups in total. The highest BCUT2D eigenvalue weighted by molar-refractivity contribution is 6.21. The fourth-order valence-corrected chi connectivity index (χ4v) is 4.04. The van der Waals surface area contributed by atoms with Gasteiger partial charge in [-0.05, 0) is 72.3 Å². The maximum Gasteiger partial charge on any atom is 0.328 e. The van der Waals surface area contributed by atoms with Gasteiger partial charge < -0.3 is 14.2 Å². The Hall–Kier alpha value is -5.03. The quantitative estimate of drug-likeness (QED) is 0.277. The van der Waals surface area contributed by atoms with Crippen LogP contribution in [0.5, 0.6) is 17.2 Å². The number of carbonyl (C=O) groups is 3. The van der Waals surface area contributed by atoms with Crippen LogP contribution in [0, 0.1) is 5.82 Å². The Balaban J connectivity index is 1.26. The number of nitrogens with one attached hydrogen (secondary N) is 3. The van der Waals surface area contributed by atoms with Gasteiger partial charge in [-0.25, -0.2) is 9.18 Å². The molecule has 1 aromatic heterocycles. The van der Waals surface area contributed by atoms with Crippen molar-refractivity contribution in [2.24, 2.45) is 0 Å². The van der Waals surface area contributed by atoms with Crippen LogP contribution in [0.15, 0.2) is 78.9 Å². The molecule has 198 valence electrons. The number of hydrogen-bond donors (Lipinski definition) is 3. The van der Waals surface area contributed by atoms with E-state index >= 15 is 0 Å². The van der Waals surface area contributed by atoms with Crippen LogP contribution in [0.4, 0.5) is 9.18 Å². The average Bonchev–Trinajstić information content (AvgIpc) is 3.42. The number of benzene rings is 3. The van der Waals surface area contributed by atoms with Crippen LogP contribution in [0.1, 0.15) is 6.42 Å². The maximum absolute atomic E-state index is 13.5. The highest BCUT2D eigenvalue weighted by atomic mass is 19.1. The molecule has 0 atom stereocenters. The summed E-state index contributed by atoms with van der Waals surface area (Å²) >= 11 is 0. The summed E-state index contributed by atoms with van der Waals surface area (Å²) in [6, 6.07) is 20.8. The minimum Gasteiger partial charge on any atom is -0.467 e. The highest BCUT2D eigenvalue weighted by Gasteiger charge is 2.52. The number of hydrogen-bond acceptors (Lipinski definition) is 7. The van der Waals surface area contributed by atoms with E-state index in [1.807, 2.05) is 18.2 Å². The zero-order valence-corrected chi connectivity index (χ0v) is 20.7. The summed E-state index contributed by atoms with van der Waals surface area (Å²) in [6.45, 7) is 0.0525. The maximum atomic E-state index is 13.5. The van der Waals surface area contributed by atoms with Crippen molar-refractivity contribution in [1.29, 1.82) is 0 Å². The van der Waals surface area contributed by atoms with Crippen molar-refractivity contribution >= 4 is 17.8 Å². The van der Waals surface area contributed by atoms with Gasteiger partial charge >= 0.3 is 6.03 Å². The molecular weight excluding hydrogens is 507 g/mol. The van der Waals surface area contributed by atoms with Crippen molar-refractivity contribution in [3.8, 4) is 39.8 Å². The Labute approximate surface area is 222 Å². The first-order valence-electron chi connectivity index (χ1n) is 11.9. The third-order valence-corrected chi connectivity index (χ3v) is 6.06. The number of nitrogens with zero attached hydrogens (tertiary/aromatic N) is 1. The summed E-state index contributed by atoms with van der Waals surface area (Å²) in [7, 11) is 1.43. The van der Waals surface area contributed by atoms with E-state index in [0.29, 0.717) is 22.8 Å². The van der Waals surface area contributed by atoms with Gasteiger partial charge in [-0.2, -0.15) is 5.10 Å². The number of aromatic nitrogens is 2. The van der Waals surface area contributed by atoms with Crippen LogP contribution in [-0.2, 0) is 14.3 Å². The number of ether oxygens (including phenoxy) is 3. The van der Waals surface area contributed by atoms with E-state index in [1.165, 1.54) is 19.2 Å². The minimum absolute atomic E-state index is 0.0525. The lowest BCUT2D eigenvalue weighted by molar-refractivity contribution is -0.153. The molecule has 10 nitrogen and oxygen atoms in total. The van der Waals surface area contributed by atoms with Crippen LogP contribution in [0.3, 0.4) is 0 Å². The van der Waals surface area contributed by atoms with Gasteiger partial charge in [0.2, 0.25) is 0 Å². The second kappa shape index (κ2) is 10.8. The Morgan fingerprint density at radius 2 is 1.46 bits per heavy atom. The summed E-state index contributed by atoms with van der Waals surface area (Å²) in [6.07, 6.45) is -0.0981. The number of aromatic amines is 1. The number of rotatable bonds is 9. The largest absolute Gasteiger partial charge is 0.467 e.